The lowest BCUT2D eigenvalue weighted by molar-refractivity contribution is -0.125. The first-order valence-corrected chi connectivity index (χ1v) is 5.97. The molecule has 1 aromatic rings. The molecule has 88 valence electrons. The van der Waals surface area contributed by atoms with Crippen molar-refractivity contribution >= 4 is 5.91 Å². The third kappa shape index (κ3) is 3.07. The minimum Gasteiger partial charge on any atom is -0.352 e. The molecule has 1 amide bonds. The van der Waals surface area contributed by atoms with Crippen molar-refractivity contribution in [1.82, 2.24) is 5.32 Å². The molecule has 17 heavy (non-hydrogen) atoms. The monoisotopic (exact) mass is 228 g/mol. The molecule has 1 aliphatic rings. The van der Waals surface area contributed by atoms with Gasteiger partial charge in [0, 0.05) is 12.5 Å². The standard InChI is InChI=1S/C14H16N2O/c1-10(13-6-7-13)14(17)16-9-12-4-2-11(8-15)3-5-12/h2-5,10,13H,6-7,9H2,1H3,(H,16,17). The first-order chi connectivity index (χ1) is 8.20. The van der Waals surface area contributed by atoms with Crippen LogP contribution in [0.15, 0.2) is 24.3 Å². The fourth-order valence-electron chi connectivity index (χ4n) is 1.86. The average Bonchev–Trinajstić information content (AvgIpc) is 3.20. The zero-order valence-electron chi connectivity index (χ0n) is 9.94. The smallest absolute Gasteiger partial charge is 0.223 e. The van der Waals surface area contributed by atoms with Crippen LogP contribution in [0.5, 0.6) is 0 Å². The van der Waals surface area contributed by atoms with Gasteiger partial charge in [0.25, 0.3) is 0 Å². The Labute approximate surface area is 101 Å². The molecule has 1 saturated carbocycles. The second-order valence-corrected chi connectivity index (χ2v) is 4.65. The van der Waals surface area contributed by atoms with Crippen molar-refractivity contribution in [3.63, 3.8) is 0 Å². The lowest BCUT2D eigenvalue weighted by Crippen LogP contribution is -2.29. The van der Waals surface area contributed by atoms with E-state index in [1.165, 1.54) is 12.8 Å². The van der Waals surface area contributed by atoms with Crippen LogP contribution in [-0.2, 0) is 11.3 Å². The summed E-state index contributed by atoms with van der Waals surface area (Å²) in [5, 5.41) is 11.6. The largest absolute Gasteiger partial charge is 0.352 e. The van der Waals surface area contributed by atoms with Crippen molar-refractivity contribution in [2.75, 3.05) is 0 Å². The van der Waals surface area contributed by atoms with Gasteiger partial charge in [0.15, 0.2) is 0 Å². The lowest BCUT2D eigenvalue weighted by Gasteiger charge is -2.10. The maximum atomic E-state index is 11.8. The summed E-state index contributed by atoms with van der Waals surface area (Å²) in [7, 11) is 0. The third-order valence-corrected chi connectivity index (χ3v) is 3.29. The van der Waals surface area contributed by atoms with E-state index in [9.17, 15) is 4.79 Å². The quantitative estimate of drug-likeness (QED) is 0.859. The predicted octanol–water partition coefficient (Wildman–Crippen LogP) is 2.22. The Bertz CT molecular complexity index is 440. The van der Waals surface area contributed by atoms with Crippen molar-refractivity contribution < 1.29 is 4.79 Å². The molecule has 1 aliphatic carbocycles. The van der Waals surface area contributed by atoms with Gasteiger partial charge in [-0.3, -0.25) is 4.79 Å². The number of carbonyl (C=O) groups is 1. The summed E-state index contributed by atoms with van der Waals surface area (Å²) in [5.41, 5.74) is 1.67. The van der Waals surface area contributed by atoms with E-state index in [-0.39, 0.29) is 11.8 Å². The molecule has 1 atom stereocenters. The Morgan fingerprint density at radius 1 is 1.47 bits per heavy atom. The van der Waals surface area contributed by atoms with Gasteiger partial charge < -0.3 is 5.32 Å². The molecule has 0 heterocycles. The molecule has 2 rings (SSSR count). The Morgan fingerprint density at radius 2 is 2.12 bits per heavy atom. The van der Waals surface area contributed by atoms with E-state index in [4.69, 9.17) is 5.26 Å². The van der Waals surface area contributed by atoms with Crippen molar-refractivity contribution in [1.29, 1.82) is 5.26 Å². The van der Waals surface area contributed by atoms with Crippen LogP contribution < -0.4 is 5.32 Å². The topological polar surface area (TPSA) is 52.9 Å². The Morgan fingerprint density at radius 3 is 2.65 bits per heavy atom. The molecule has 1 aromatic carbocycles. The van der Waals surface area contributed by atoms with Crippen LogP contribution in [0.1, 0.15) is 30.9 Å². The predicted molar refractivity (Wildman–Crippen MR) is 64.9 cm³/mol. The van der Waals surface area contributed by atoms with E-state index in [0.29, 0.717) is 18.0 Å². The van der Waals surface area contributed by atoms with Crippen LogP contribution in [0.2, 0.25) is 0 Å². The maximum absolute atomic E-state index is 11.8. The van der Waals surface area contributed by atoms with Crippen LogP contribution in [0.3, 0.4) is 0 Å². The summed E-state index contributed by atoms with van der Waals surface area (Å²) in [6, 6.07) is 9.36. The van der Waals surface area contributed by atoms with Crippen LogP contribution >= 0.6 is 0 Å². The highest BCUT2D eigenvalue weighted by atomic mass is 16.1. The number of hydrogen-bond donors (Lipinski definition) is 1. The van der Waals surface area contributed by atoms with Gasteiger partial charge in [0.05, 0.1) is 11.6 Å². The highest BCUT2D eigenvalue weighted by molar-refractivity contribution is 5.78. The normalized spacial score (nSPS) is 16.0. The molecule has 1 N–H and O–H groups in total. The molecule has 1 unspecified atom stereocenters. The van der Waals surface area contributed by atoms with E-state index in [2.05, 4.69) is 11.4 Å². The first-order valence-electron chi connectivity index (χ1n) is 5.97. The summed E-state index contributed by atoms with van der Waals surface area (Å²) in [5.74, 6) is 0.862. The van der Waals surface area contributed by atoms with Crippen molar-refractivity contribution in [3.8, 4) is 6.07 Å². The highest BCUT2D eigenvalue weighted by Gasteiger charge is 2.32. The highest BCUT2D eigenvalue weighted by Crippen LogP contribution is 2.36. The fourth-order valence-corrected chi connectivity index (χ4v) is 1.86. The zero-order chi connectivity index (χ0) is 12.3. The second kappa shape index (κ2) is 5.01. The van der Waals surface area contributed by atoms with Crippen molar-refractivity contribution in [2.45, 2.75) is 26.3 Å². The van der Waals surface area contributed by atoms with Gasteiger partial charge in [-0.05, 0) is 36.5 Å². The number of rotatable bonds is 4. The summed E-state index contributed by atoms with van der Waals surface area (Å²) in [6.45, 7) is 2.54. The Kier molecular flexibility index (Phi) is 3.43. The van der Waals surface area contributed by atoms with E-state index in [0.717, 1.165) is 5.56 Å². The molecule has 3 heteroatoms. The minimum atomic E-state index is 0.133. The van der Waals surface area contributed by atoms with Crippen molar-refractivity contribution in [2.24, 2.45) is 11.8 Å². The summed E-state index contributed by atoms with van der Waals surface area (Å²) < 4.78 is 0. The molecule has 3 nitrogen and oxygen atoms in total. The number of nitrogens with zero attached hydrogens (tertiary/aromatic N) is 1. The van der Waals surface area contributed by atoms with E-state index >= 15 is 0 Å². The third-order valence-electron chi connectivity index (χ3n) is 3.29. The molecule has 0 saturated heterocycles. The molecule has 0 radical (unpaired) electrons. The van der Waals surface area contributed by atoms with Crippen molar-refractivity contribution in [3.05, 3.63) is 35.4 Å². The summed E-state index contributed by atoms with van der Waals surface area (Å²) in [4.78, 5) is 11.8. The van der Waals surface area contributed by atoms with Gasteiger partial charge in [0.2, 0.25) is 5.91 Å². The molecule has 0 aromatic heterocycles. The van der Waals surface area contributed by atoms with Crippen LogP contribution in [0.4, 0.5) is 0 Å². The molecule has 0 spiro atoms. The van der Waals surface area contributed by atoms with Crippen LogP contribution in [-0.4, -0.2) is 5.91 Å². The number of benzene rings is 1. The lowest BCUT2D eigenvalue weighted by atomic mass is 10.1. The zero-order valence-corrected chi connectivity index (χ0v) is 9.94. The Hall–Kier alpha value is -1.82. The number of carbonyl (C=O) groups excluding carboxylic acids is 1. The molecule has 0 aliphatic heterocycles. The summed E-state index contributed by atoms with van der Waals surface area (Å²) in [6.07, 6.45) is 2.37. The number of hydrogen-bond acceptors (Lipinski definition) is 2. The maximum Gasteiger partial charge on any atom is 0.223 e. The number of nitriles is 1. The van der Waals surface area contributed by atoms with Gasteiger partial charge in [-0.1, -0.05) is 19.1 Å². The van der Waals surface area contributed by atoms with E-state index in [1.807, 2.05) is 19.1 Å². The Balaban J connectivity index is 1.84. The SMILES string of the molecule is CC(C(=O)NCc1ccc(C#N)cc1)C1CC1. The van der Waals surface area contributed by atoms with Gasteiger partial charge in [0.1, 0.15) is 0 Å². The van der Waals surface area contributed by atoms with Gasteiger partial charge in [-0.2, -0.15) is 5.26 Å². The van der Waals surface area contributed by atoms with Gasteiger partial charge in [-0.15, -0.1) is 0 Å². The van der Waals surface area contributed by atoms with Crippen LogP contribution in [0, 0.1) is 23.2 Å². The average molecular weight is 228 g/mol. The fraction of sp³-hybridized carbons (Fsp3) is 0.429. The number of nitrogens with one attached hydrogen (secondary N) is 1. The molecule has 0 bridgehead atoms. The molecular weight excluding hydrogens is 212 g/mol. The second-order valence-electron chi connectivity index (χ2n) is 4.65. The first kappa shape index (κ1) is 11.7. The number of amides is 1. The minimum absolute atomic E-state index is 0.133. The van der Waals surface area contributed by atoms with E-state index in [1.54, 1.807) is 12.1 Å². The van der Waals surface area contributed by atoms with Gasteiger partial charge >= 0.3 is 0 Å². The molecule has 1 fully saturated rings. The molecular formula is C14H16N2O. The summed E-state index contributed by atoms with van der Waals surface area (Å²) >= 11 is 0. The van der Waals surface area contributed by atoms with E-state index < -0.39 is 0 Å². The van der Waals surface area contributed by atoms with Crippen LogP contribution in [0.25, 0.3) is 0 Å². The van der Waals surface area contributed by atoms with Gasteiger partial charge in [-0.25, -0.2) is 0 Å².